The van der Waals surface area contributed by atoms with E-state index >= 15 is 0 Å². The lowest BCUT2D eigenvalue weighted by Gasteiger charge is -2.34. The van der Waals surface area contributed by atoms with Crippen molar-refractivity contribution in [1.82, 2.24) is 9.80 Å². The van der Waals surface area contributed by atoms with Crippen molar-refractivity contribution in [2.75, 3.05) is 32.8 Å². The minimum atomic E-state index is 0.144. The van der Waals surface area contributed by atoms with Gasteiger partial charge in [0.15, 0.2) is 0 Å². The standard InChI is InChI=1S/C23H30N2O2/c1-4-27-22-11-5-19(6-12-22)17-24-13-15-25(16-14-24)23(26)21-9-7-20(8-10-21)18(2)3/h5-12,18H,4,13-17H2,1-3H3. The zero-order chi connectivity index (χ0) is 19.2. The molecule has 4 nitrogen and oxygen atoms in total. The number of hydrogen-bond donors (Lipinski definition) is 0. The molecule has 1 aliphatic rings. The molecule has 3 rings (SSSR count). The molecule has 1 amide bonds. The zero-order valence-electron chi connectivity index (χ0n) is 16.6. The van der Waals surface area contributed by atoms with Crippen LogP contribution in [-0.4, -0.2) is 48.5 Å². The highest BCUT2D eigenvalue weighted by Crippen LogP contribution is 2.18. The molecule has 0 aromatic heterocycles. The summed E-state index contributed by atoms with van der Waals surface area (Å²) in [6, 6.07) is 16.4. The quantitative estimate of drug-likeness (QED) is 0.769. The van der Waals surface area contributed by atoms with Crippen LogP contribution in [0.3, 0.4) is 0 Å². The molecule has 0 saturated carbocycles. The summed E-state index contributed by atoms with van der Waals surface area (Å²) < 4.78 is 5.50. The second-order valence-corrected chi connectivity index (χ2v) is 7.42. The number of hydrogen-bond acceptors (Lipinski definition) is 3. The Balaban J connectivity index is 1.51. The van der Waals surface area contributed by atoms with Crippen LogP contribution >= 0.6 is 0 Å². The maximum atomic E-state index is 12.7. The molecule has 1 heterocycles. The summed E-state index contributed by atoms with van der Waals surface area (Å²) in [5, 5.41) is 0. The van der Waals surface area contributed by atoms with E-state index in [-0.39, 0.29) is 5.91 Å². The molecular formula is C23H30N2O2. The molecule has 1 saturated heterocycles. The number of carbonyl (C=O) groups excluding carboxylic acids is 1. The lowest BCUT2D eigenvalue weighted by Crippen LogP contribution is -2.48. The largest absolute Gasteiger partial charge is 0.494 e. The predicted octanol–water partition coefficient (Wildman–Crippen LogP) is 4.17. The molecule has 1 aliphatic heterocycles. The Hall–Kier alpha value is -2.33. The van der Waals surface area contributed by atoms with Crippen LogP contribution in [0.15, 0.2) is 48.5 Å². The highest BCUT2D eigenvalue weighted by molar-refractivity contribution is 5.94. The predicted molar refractivity (Wildman–Crippen MR) is 109 cm³/mol. The molecule has 0 atom stereocenters. The number of ether oxygens (including phenoxy) is 1. The van der Waals surface area contributed by atoms with E-state index in [0.717, 1.165) is 44.0 Å². The second kappa shape index (κ2) is 9.05. The first-order valence-electron chi connectivity index (χ1n) is 9.90. The Morgan fingerprint density at radius 3 is 2.15 bits per heavy atom. The van der Waals surface area contributed by atoms with E-state index in [2.05, 4.69) is 43.0 Å². The van der Waals surface area contributed by atoms with E-state index in [1.165, 1.54) is 11.1 Å². The van der Waals surface area contributed by atoms with Gasteiger partial charge in [0.25, 0.3) is 5.91 Å². The number of benzene rings is 2. The monoisotopic (exact) mass is 366 g/mol. The zero-order valence-corrected chi connectivity index (χ0v) is 16.6. The highest BCUT2D eigenvalue weighted by Gasteiger charge is 2.22. The van der Waals surface area contributed by atoms with Gasteiger partial charge >= 0.3 is 0 Å². The first kappa shape index (κ1) is 19.4. The molecule has 27 heavy (non-hydrogen) atoms. The van der Waals surface area contributed by atoms with Gasteiger partial charge in [-0.3, -0.25) is 9.69 Å². The molecule has 1 fully saturated rings. The van der Waals surface area contributed by atoms with Gasteiger partial charge in [0, 0.05) is 38.3 Å². The van der Waals surface area contributed by atoms with Crippen molar-refractivity contribution in [3.05, 3.63) is 65.2 Å². The van der Waals surface area contributed by atoms with E-state index in [1.807, 2.05) is 36.1 Å². The van der Waals surface area contributed by atoms with E-state index in [0.29, 0.717) is 12.5 Å². The summed E-state index contributed by atoms with van der Waals surface area (Å²) in [5.41, 5.74) is 3.34. The Kier molecular flexibility index (Phi) is 6.51. The van der Waals surface area contributed by atoms with Crippen LogP contribution in [0.1, 0.15) is 48.2 Å². The molecule has 2 aromatic carbocycles. The van der Waals surface area contributed by atoms with E-state index < -0.39 is 0 Å². The van der Waals surface area contributed by atoms with E-state index in [4.69, 9.17) is 4.74 Å². The summed E-state index contributed by atoms with van der Waals surface area (Å²) in [6.45, 7) is 11.3. The summed E-state index contributed by atoms with van der Waals surface area (Å²) in [4.78, 5) is 17.1. The van der Waals surface area contributed by atoms with Crippen molar-refractivity contribution >= 4 is 5.91 Å². The Labute approximate surface area is 162 Å². The lowest BCUT2D eigenvalue weighted by molar-refractivity contribution is 0.0628. The van der Waals surface area contributed by atoms with Crippen molar-refractivity contribution in [3.8, 4) is 5.75 Å². The maximum absolute atomic E-state index is 12.7. The molecule has 2 aromatic rings. The first-order chi connectivity index (χ1) is 13.1. The van der Waals surface area contributed by atoms with Crippen molar-refractivity contribution < 1.29 is 9.53 Å². The summed E-state index contributed by atoms with van der Waals surface area (Å²) in [7, 11) is 0. The molecule has 0 radical (unpaired) electrons. The lowest BCUT2D eigenvalue weighted by atomic mass is 10.0. The van der Waals surface area contributed by atoms with Crippen molar-refractivity contribution in [2.45, 2.75) is 33.2 Å². The van der Waals surface area contributed by atoms with Gasteiger partial charge in [-0.15, -0.1) is 0 Å². The molecule has 0 spiro atoms. The van der Waals surface area contributed by atoms with Crippen LogP contribution in [0.5, 0.6) is 5.75 Å². The topological polar surface area (TPSA) is 32.8 Å². The third-order valence-electron chi connectivity index (χ3n) is 5.12. The number of nitrogens with zero attached hydrogens (tertiary/aromatic N) is 2. The van der Waals surface area contributed by atoms with Crippen LogP contribution in [0.25, 0.3) is 0 Å². The van der Waals surface area contributed by atoms with Crippen LogP contribution in [0.4, 0.5) is 0 Å². The highest BCUT2D eigenvalue weighted by atomic mass is 16.5. The normalized spacial score (nSPS) is 15.2. The number of piperazine rings is 1. The van der Waals surface area contributed by atoms with E-state index in [1.54, 1.807) is 0 Å². The fourth-order valence-electron chi connectivity index (χ4n) is 3.42. The molecule has 0 unspecified atom stereocenters. The average molecular weight is 367 g/mol. The second-order valence-electron chi connectivity index (χ2n) is 7.42. The van der Waals surface area contributed by atoms with Gasteiger partial charge in [-0.2, -0.15) is 0 Å². The van der Waals surface area contributed by atoms with Crippen LogP contribution in [-0.2, 0) is 6.54 Å². The van der Waals surface area contributed by atoms with Crippen LogP contribution in [0.2, 0.25) is 0 Å². The fraction of sp³-hybridized carbons (Fsp3) is 0.435. The Morgan fingerprint density at radius 2 is 1.59 bits per heavy atom. The van der Waals surface area contributed by atoms with E-state index in [9.17, 15) is 4.79 Å². The van der Waals surface area contributed by atoms with Crippen molar-refractivity contribution in [3.63, 3.8) is 0 Å². The summed E-state index contributed by atoms with van der Waals surface area (Å²) in [6.07, 6.45) is 0. The van der Waals surface area contributed by atoms with Gasteiger partial charge in [-0.25, -0.2) is 0 Å². The minimum Gasteiger partial charge on any atom is -0.494 e. The van der Waals surface area contributed by atoms with Gasteiger partial charge in [-0.05, 0) is 48.2 Å². The third-order valence-corrected chi connectivity index (χ3v) is 5.12. The smallest absolute Gasteiger partial charge is 0.253 e. The summed E-state index contributed by atoms with van der Waals surface area (Å²) in [5.74, 6) is 1.55. The number of carbonyl (C=O) groups is 1. The summed E-state index contributed by atoms with van der Waals surface area (Å²) >= 11 is 0. The molecule has 4 heteroatoms. The molecule has 144 valence electrons. The molecule has 0 N–H and O–H groups in total. The van der Waals surface area contributed by atoms with Crippen molar-refractivity contribution in [2.24, 2.45) is 0 Å². The Bertz CT molecular complexity index is 730. The number of rotatable bonds is 6. The maximum Gasteiger partial charge on any atom is 0.253 e. The average Bonchev–Trinajstić information content (AvgIpc) is 2.70. The fourth-order valence-corrected chi connectivity index (χ4v) is 3.42. The molecular weight excluding hydrogens is 336 g/mol. The van der Waals surface area contributed by atoms with Crippen LogP contribution < -0.4 is 4.74 Å². The number of amides is 1. The van der Waals surface area contributed by atoms with Gasteiger partial charge in [-0.1, -0.05) is 38.1 Å². The SMILES string of the molecule is CCOc1ccc(CN2CCN(C(=O)c3ccc(C(C)C)cc3)CC2)cc1. The van der Waals surface area contributed by atoms with Gasteiger partial charge in [0.05, 0.1) is 6.61 Å². The van der Waals surface area contributed by atoms with Crippen molar-refractivity contribution in [1.29, 1.82) is 0 Å². The van der Waals surface area contributed by atoms with Gasteiger partial charge in [0.2, 0.25) is 0 Å². The van der Waals surface area contributed by atoms with Crippen LogP contribution in [0, 0.1) is 0 Å². The van der Waals surface area contributed by atoms with Gasteiger partial charge < -0.3 is 9.64 Å². The minimum absolute atomic E-state index is 0.144. The Morgan fingerprint density at radius 1 is 0.963 bits per heavy atom. The molecule has 0 aliphatic carbocycles. The van der Waals surface area contributed by atoms with Gasteiger partial charge in [0.1, 0.15) is 5.75 Å². The third kappa shape index (κ3) is 5.10. The molecule has 0 bridgehead atoms. The first-order valence-corrected chi connectivity index (χ1v) is 9.90.